The maximum atomic E-state index is 12.6. The number of nitrogens with one attached hydrogen (secondary N) is 2. The summed E-state index contributed by atoms with van der Waals surface area (Å²) in [4.78, 5) is 36.7. The number of ether oxygens (including phenoxy) is 2. The number of carbonyl (C=O) groups excluding carboxylic acids is 3. The summed E-state index contributed by atoms with van der Waals surface area (Å²) < 4.78 is 10.8. The van der Waals surface area contributed by atoms with Crippen molar-refractivity contribution < 1.29 is 23.9 Å². The van der Waals surface area contributed by atoms with Crippen LogP contribution >= 0.6 is 0 Å². The number of hydrogen-bond acceptors (Lipinski definition) is 5. The van der Waals surface area contributed by atoms with Crippen LogP contribution in [0.25, 0.3) is 0 Å². The van der Waals surface area contributed by atoms with Gasteiger partial charge in [-0.1, -0.05) is 30.3 Å². The van der Waals surface area contributed by atoms with Gasteiger partial charge in [-0.15, -0.1) is 0 Å². The van der Waals surface area contributed by atoms with Gasteiger partial charge in [-0.05, 0) is 31.0 Å². The molecule has 2 aliphatic rings. The number of hydrogen-bond donors (Lipinski definition) is 2. The van der Waals surface area contributed by atoms with Crippen molar-refractivity contribution in [2.45, 2.75) is 25.0 Å². The normalized spacial score (nSPS) is 16.4. The Morgan fingerprint density at radius 2 is 1.93 bits per heavy atom. The molecule has 2 amide bonds. The van der Waals surface area contributed by atoms with Gasteiger partial charge in [-0.3, -0.25) is 9.59 Å². The molecule has 2 aromatic rings. The van der Waals surface area contributed by atoms with Gasteiger partial charge >= 0.3 is 5.97 Å². The molecule has 7 nitrogen and oxygen atoms in total. The van der Waals surface area contributed by atoms with Gasteiger partial charge in [0.05, 0.1) is 11.3 Å². The van der Waals surface area contributed by atoms with Crippen molar-refractivity contribution in [3.05, 3.63) is 59.7 Å². The first-order valence-corrected chi connectivity index (χ1v) is 8.73. The van der Waals surface area contributed by atoms with Crippen molar-refractivity contribution in [2.75, 3.05) is 11.9 Å². The molecule has 27 heavy (non-hydrogen) atoms. The van der Waals surface area contributed by atoms with E-state index in [9.17, 15) is 14.4 Å². The van der Waals surface area contributed by atoms with Crippen LogP contribution in [0.15, 0.2) is 48.5 Å². The average molecular weight is 366 g/mol. The van der Waals surface area contributed by atoms with E-state index >= 15 is 0 Å². The third-order valence-electron chi connectivity index (χ3n) is 4.34. The molecular weight excluding hydrogens is 348 g/mol. The number of benzene rings is 2. The van der Waals surface area contributed by atoms with Crippen LogP contribution in [0.4, 0.5) is 5.69 Å². The van der Waals surface area contributed by atoms with Crippen LogP contribution in [0.5, 0.6) is 5.75 Å². The molecule has 0 bridgehead atoms. The molecule has 4 rings (SSSR count). The molecule has 1 aliphatic heterocycles. The lowest BCUT2D eigenvalue weighted by Crippen LogP contribution is -2.33. The molecule has 0 aromatic heterocycles. The molecule has 1 aliphatic carbocycles. The minimum absolute atomic E-state index is 0.0613. The summed E-state index contributed by atoms with van der Waals surface area (Å²) in [6.45, 7) is -0.0613. The van der Waals surface area contributed by atoms with Gasteiger partial charge in [-0.25, -0.2) is 4.79 Å². The molecule has 2 N–H and O–H groups in total. The fourth-order valence-electron chi connectivity index (χ4n) is 2.79. The number of carbonyl (C=O) groups is 3. The number of rotatable bonds is 5. The first-order valence-electron chi connectivity index (χ1n) is 8.73. The number of amides is 2. The van der Waals surface area contributed by atoms with Crippen molar-refractivity contribution in [2.24, 2.45) is 0 Å². The maximum absolute atomic E-state index is 12.6. The second-order valence-electron chi connectivity index (χ2n) is 6.53. The van der Waals surface area contributed by atoms with Gasteiger partial charge in [0, 0.05) is 11.6 Å². The van der Waals surface area contributed by atoms with Gasteiger partial charge in [0.1, 0.15) is 5.75 Å². The summed E-state index contributed by atoms with van der Waals surface area (Å²) >= 11 is 0. The molecule has 1 atom stereocenters. The SMILES string of the molecule is O=C1COc2ccc(C(=O)O[C@@H](C(=O)NC3CC3)c3ccccc3)cc2N1. The van der Waals surface area contributed by atoms with Crippen molar-refractivity contribution in [3.8, 4) is 5.75 Å². The molecule has 0 saturated heterocycles. The van der Waals surface area contributed by atoms with Gasteiger partial charge in [-0.2, -0.15) is 0 Å². The molecule has 0 radical (unpaired) electrons. The van der Waals surface area contributed by atoms with Crippen LogP contribution in [0.3, 0.4) is 0 Å². The van der Waals surface area contributed by atoms with Crippen molar-refractivity contribution in [1.82, 2.24) is 5.32 Å². The average Bonchev–Trinajstić information content (AvgIpc) is 3.49. The molecule has 7 heteroatoms. The van der Waals surface area contributed by atoms with E-state index in [-0.39, 0.29) is 30.0 Å². The number of anilines is 1. The van der Waals surface area contributed by atoms with Crippen LogP contribution in [0, 0.1) is 0 Å². The van der Waals surface area contributed by atoms with Gasteiger partial charge in [0.15, 0.2) is 6.61 Å². The molecule has 1 saturated carbocycles. The first-order chi connectivity index (χ1) is 13.1. The van der Waals surface area contributed by atoms with E-state index in [0.29, 0.717) is 17.0 Å². The standard InChI is InChI=1S/C20H18N2O5/c23-17-11-26-16-9-6-13(10-15(16)22-17)20(25)27-18(12-4-2-1-3-5-12)19(24)21-14-7-8-14/h1-6,9-10,14,18H,7-8,11H2,(H,21,24)(H,22,23)/t18-/m1/s1. The number of esters is 1. The maximum Gasteiger partial charge on any atom is 0.339 e. The van der Waals surface area contributed by atoms with Crippen LogP contribution < -0.4 is 15.4 Å². The highest BCUT2D eigenvalue weighted by Gasteiger charge is 2.31. The summed E-state index contributed by atoms with van der Waals surface area (Å²) in [7, 11) is 0. The molecule has 1 heterocycles. The monoisotopic (exact) mass is 366 g/mol. The Kier molecular flexibility index (Phi) is 4.50. The largest absolute Gasteiger partial charge is 0.482 e. The zero-order valence-electron chi connectivity index (χ0n) is 14.4. The summed E-state index contributed by atoms with van der Waals surface area (Å²) in [6, 6.07) is 13.6. The second-order valence-corrected chi connectivity index (χ2v) is 6.53. The Labute approximate surface area is 155 Å². The van der Waals surface area contributed by atoms with Crippen LogP contribution in [-0.2, 0) is 14.3 Å². The molecule has 1 fully saturated rings. The fraction of sp³-hybridized carbons (Fsp3) is 0.250. The topological polar surface area (TPSA) is 93.7 Å². The summed E-state index contributed by atoms with van der Waals surface area (Å²) in [5.74, 6) is -0.805. The summed E-state index contributed by atoms with van der Waals surface area (Å²) in [5, 5.41) is 5.52. The Morgan fingerprint density at radius 3 is 2.67 bits per heavy atom. The highest BCUT2D eigenvalue weighted by molar-refractivity contribution is 5.99. The summed E-state index contributed by atoms with van der Waals surface area (Å²) in [6.07, 6.45) is 0.832. The van der Waals surface area contributed by atoms with Crippen LogP contribution in [0.2, 0.25) is 0 Å². The smallest absolute Gasteiger partial charge is 0.339 e. The van der Waals surface area contributed by atoms with Crippen LogP contribution in [-0.4, -0.2) is 30.4 Å². The molecule has 0 spiro atoms. The zero-order chi connectivity index (χ0) is 18.8. The Balaban J connectivity index is 1.55. The molecule has 2 aromatic carbocycles. The number of fused-ring (bicyclic) bond motifs is 1. The van der Waals surface area contributed by atoms with Crippen molar-refractivity contribution in [3.63, 3.8) is 0 Å². The van der Waals surface area contributed by atoms with E-state index in [1.807, 2.05) is 6.07 Å². The van der Waals surface area contributed by atoms with Gasteiger partial charge in [0.2, 0.25) is 6.10 Å². The van der Waals surface area contributed by atoms with Crippen LogP contribution in [0.1, 0.15) is 34.9 Å². The van der Waals surface area contributed by atoms with Crippen molar-refractivity contribution >= 4 is 23.5 Å². The lowest BCUT2D eigenvalue weighted by atomic mass is 10.1. The van der Waals surface area contributed by atoms with E-state index in [1.54, 1.807) is 36.4 Å². The highest BCUT2D eigenvalue weighted by atomic mass is 16.5. The minimum atomic E-state index is -1.04. The Bertz CT molecular complexity index is 893. The predicted molar refractivity (Wildman–Crippen MR) is 96.3 cm³/mol. The third-order valence-corrected chi connectivity index (χ3v) is 4.34. The predicted octanol–water partition coefficient (Wildman–Crippen LogP) is 2.19. The Morgan fingerprint density at radius 1 is 1.15 bits per heavy atom. The first kappa shape index (κ1) is 17.1. The zero-order valence-corrected chi connectivity index (χ0v) is 14.4. The van der Waals surface area contributed by atoms with E-state index in [0.717, 1.165) is 12.8 Å². The Hall–Kier alpha value is -3.35. The van der Waals surface area contributed by atoms with E-state index in [4.69, 9.17) is 9.47 Å². The second kappa shape index (κ2) is 7.11. The lowest BCUT2D eigenvalue weighted by Gasteiger charge is -2.20. The van der Waals surface area contributed by atoms with Gasteiger partial charge < -0.3 is 20.1 Å². The molecule has 138 valence electrons. The van der Waals surface area contributed by atoms with E-state index in [2.05, 4.69) is 10.6 Å². The van der Waals surface area contributed by atoms with Gasteiger partial charge in [0.25, 0.3) is 11.8 Å². The quantitative estimate of drug-likeness (QED) is 0.791. The highest BCUT2D eigenvalue weighted by Crippen LogP contribution is 2.30. The lowest BCUT2D eigenvalue weighted by molar-refractivity contribution is -0.130. The van der Waals surface area contributed by atoms with E-state index in [1.165, 1.54) is 6.07 Å². The molecular formula is C20H18N2O5. The molecule has 0 unspecified atom stereocenters. The fourth-order valence-corrected chi connectivity index (χ4v) is 2.79. The minimum Gasteiger partial charge on any atom is -0.482 e. The third kappa shape index (κ3) is 3.92. The summed E-state index contributed by atoms with van der Waals surface area (Å²) in [5.41, 5.74) is 1.22. The van der Waals surface area contributed by atoms with Crippen molar-refractivity contribution in [1.29, 1.82) is 0 Å². The van der Waals surface area contributed by atoms with E-state index < -0.39 is 12.1 Å².